The molecular weight excluding hydrogens is 260 g/mol. The third-order valence-corrected chi connectivity index (χ3v) is 3.49. The quantitative estimate of drug-likeness (QED) is 0.903. The molecule has 0 amide bonds. The molecule has 0 bridgehead atoms. The van der Waals surface area contributed by atoms with Crippen LogP contribution in [0.5, 0.6) is 5.75 Å². The van der Waals surface area contributed by atoms with Crippen LogP contribution >= 0.6 is 0 Å². The van der Waals surface area contributed by atoms with Gasteiger partial charge < -0.3 is 10.1 Å². The fourth-order valence-corrected chi connectivity index (χ4v) is 2.37. The van der Waals surface area contributed by atoms with Crippen LogP contribution in [0.4, 0.5) is 5.69 Å². The number of nitriles is 1. The number of hydrogen-bond donors (Lipinski definition) is 1. The number of nitrogens with zero attached hydrogens (tertiary/aromatic N) is 1. The van der Waals surface area contributed by atoms with Gasteiger partial charge in [0.15, 0.2) is 0 Å². The Morgan fingerprint density at radius 1 is 1.24 bits per heavy atom. The molecule has 0 radical (unpaired) electrons. The summed E-state index contributed by atoms with van der Waals surface area (Å²) < 4.78 is 5.39. The van der Waals surface area contributed by atoms with Gasteiger partial charge in [0.05, 0.1) is 18.7 Å². The molecule has 2 rings (SSSR count). The highest BCUT2D eigenvalue weighted by Gasteiger charge is 2.09. The summed E-state index contributed by atoms with van der Waals surface area (Å²) in [7, 11) is 1.69. The zero-order valence-corrected chi connectivity index (χ0v) is 12.7. The fraction of sp³-hybridized carbons (Fsp3) is 0.278. The fourth-order valence-electron chi connectivity index (χ4n) is 2.37. The van der Waals surface area contributed by atoms with Gasteiger partial charge in [0.2, 0.25) is 0 Å². The van der Waals surface area contributed by atoms with Crippen molar-refractivity contribution in [2.45, 2.75) is 26.3 Å². The number of benzene rings is 2. The second kappa shape index (κ2) is 6.81. The normalized spacial score (nSPS) is 11.5. The van der Waals surface area contributed by atoms with Crippen LogP contribution in [0.25, 0.3) is 0 Å². The van der Waals surface area contributed by atoms with Crippen molar-refractivity contribution >= 4 is 5.69 Å². The van der Waals surface area contributed by atoms with Gasteiger partial charge in [0.25, 0.3) is 0 Å². The molecule has 0 fully saturated rings. The maximum absolute atomic E-state index is 9.00. The van der Waals surface area contributed by atoms with Gasteiger partial charge in [-0.05, 0) is 49.6 Å². The molecule has 0 heterocycles. The SMILES string of the molecule is COc1ccccc1CC(C)Nc1cc(C#N)ccc1C. The molecule has 0 aliphatic heterocycles. The van der Waals surface area contributed by atoms with Gasteiger partial charge in [-0.25, -0.2) is 0 Å². The van der Waals surface area contributed by atoms with E-state index in [1.165, 1.54) is 5.56 Å². The van der Waals surface area contributed by atoms with Crippen LogP contribution in [0.2, 0.25) is 0 Å². The Labute approximate surface area is 126 Å². The highest BCUT2D eigenvalue weighted by Crippen LogP contribution is 2.22. The molecule has 0 aromatic heterocycles. The first kappa shape index (κ1) is 14.9. The van der Waals surface area contributed by atoms with Crippen LogP contribution in [-0.4, -0.2) is 13.2 Å². The van der Waals surface area contributed by atoms with Crippen molar-refractivity contribution in [1.29, 1.82) is 5.26 Å². The average Bonchev–Trinajstić information content (AvgIpc) is 2.50. The predicted octanol–water partition coefficient (Wildman–Crippen LogP) is 3.92. The molecule has 3 nitrogen and oxygen atoms in total. The lowest BCUT2D eigenvalue weighted by molar-refractivity contribution is 0.409. The lowest BCUT2D eigenvalue weighted by atomic mass is 10.0. The monoisotopic (exact) mass is 280 g/mol. The van der Waals surface area contributed by atoms with Gasteiger partial charge in [-0.3, -0.25) is 0 Å². The second-order valence-electron chi connectivity index (χ2n) is 5.20. The third-order valence-electron chi connectivity index (χ3n) is 3.49. The number of anilines is 1. The van der Waals surface area contributed by atoms with Crippen LogP contribution in [0.3, 0.4) is 0 Å². The summed E-state index contributed by atoms with van der Waals surface area (Å²) in [5.41, 5.74) is 4.00. The van der Waals surface area contributed by atoms with E-state index in [4.69, 9.17) is 10.00 Å². The smallest absolute Gasteiger partial charge is 0.122 e. The van der Waals surface area contributed by atoms with Gasteiger partial charge in [0, 0.05) is 11.7 Å². The zero-order chi connectivity index (χ0) is 15.2. The summed E-state index contributed by atoms with van der Waals surface area (Å²) in [6, 6.07) is 16.2. The lowest BCUT2D eigenvalue weighted by Crippen LogP contribution is -2.19. The number of hydrogen-bond acceptors (Lipinski definition) is 3. The summed E-state index contributed by atoms with van der Waals surface area (Å²) in [6.45, 7) is 4.17. The molecule has 0 aliphatic carbocycles. The van der Waals surface area contributed by atoms with Gasteiger partial charge in [-0.2, -0.15) is 5.26 Å². The molecule has 21 heavy (non-hydrogen) atoms. The summed E-state index contributed by atoms with van der Waals surface area (Å²) in [5.74, 6) is 0.911. The minimum atomic E-state index is 0.244. The molecule has 2 aromatic carbocycles. The summed E-state index contributed by atoms with van der Waals surface area (Å²) in [5, 5.41) is 12.5. The Bertz CT molecular complexity index is 659. The molecule has 3 heteroatoms. The largest absolute Gasteiger partial charge is 0.496 e. The minimum Gasteiger partial charge on any atom is -0.496 e. The molecule has 0 saturated heterocycles. The van der Waals surface area contributed by atoms with Gasteiger partial charge in [0.1, 0.15) is 5.75 Å². The maximum atomic E-state index is 9.00. The van der Waals surface area contributed by atoms with Crippen molar-refractivity contribution in [1.82, 2.24) is 0 Å². The first-order valence-electron chi connectivity index (χ1n) is 7.03. The van der Waals surface area contributed by atoms with Crippen LogP contribution in [-0.2, 0) is 6.42 Å². The van der Waals surface area contributed by atoms with E-state index in [9.17, 15) is 0 Å². The Morgan fingerprint density at radius 3 is 2.71 bits per heavy atom. The van der Waals surface area contributed by atoms with Crippen molar-refractivity contribution in [3.05, 3.63) is 59.2 Å². The molecule has 2 aromatic rings. The van der Waals surface area contributed by atoms with Crippen molar-refractivity contribution in [2.75, 3.05) is 12.4 Å². The zero-order valence-electron chi connectivity index (χ0n) is 12.7. The molecule has 1 N–H and O–H groups in total. The van der Waals surface area contributed by atoms with E-state index in [0.717, 1.165) is 23.4 Å². The van der Waals surface area contributed by atoms with Crippen LogP contribution in [0, 0.1) is 18.3 Å². The Morgan fingerprint density at radius 2 is 2.00 bits per heavy atom. The van der Waals surface area contributed by atoms with E-state index in [2.05, 4.69) is 24.4 Å². The highest BCUT2D eigenvalue weighted by molar-refractivity contribution is 5.55. The Hall–Kier alpha value is -2.47. The van der Waals surface area contributed by atoms with E-state index in [-0.39, 0.29) is 6.04 Å². The molecule has 0 aliphatic rings. The van der Waals surface area contributed by atoms with Crippen molar-refractivity contribution in [3.8, 4) is 11.8 Å². The molecule has 1 atom stereocenters. The number of methoxy groups -OCH3 is 1. The van der Waals surface area contributed by atoms with E-state index < -0.39 is 0 Å². The average molecular weight is 280 g/mol. The van der Waals surface area contributed by atoms with Crippen LogP contribution < -0.4 is 10.1 Å². The maximum Gasteiger partial charge on any atom is 0.122 e. The minimum absolute atomic E-state index is 0.244. The number of para-hydroxylation sites is 1. The summed E-state index contributed by atoms with van der Waals surface area (Å²) in [6.07, 6.45) is 0.861. The molecular formula is C18H20N2O. The standard InChI is InChI=1S/C18H20N2O/c1-13-8-9-15(12-19)11-17(13)20-14(2)10-16-6-4-5-7-18(16)21-3/h4-9,11,14,20H,10H2,1-3H3. The first-order valence-corrected chi connectivity index (χ1v) is 7.03. The van der Waals surface area contributed by atoms with Gasteiger partial charge in [-0.1, -0.05) is 24.3 Å². The summed E-state index contributed by atoms with van der Waals surface area (Å²) >= 11 is 0. The van der Waals surface area contributed by atoms with E-state index >= 15 is 0 Å². The molecule has 1 unspecified atom stereocenters. The second-order valence-corrected chi connectivity index (χ2v) is 5.20. The lowest BCUT2D eigenvalue weighted by Gasteiger charge is -2.18. The molecule has 0 spiro atoms. The number of nitrogens with one attached hydrogen (secondary N) is 1. The molecule has 108 valence electrons. The van der Waals surface area contributed by atoms with Gasteiger partial charge in [-0.15, -0.1) is 0 Å². The van der Waals surface area contributed by atoms with E-state index in [0.29, 0.717) is 5.56 Å². The number of aryl methyl sites for hydroxylation is 1. The number of ether oxygens (including phenoxy) is 1. The highest BCUT2D eigenvalue weighted by atomic mass is 16.5. The Kier molecular flexibility index (Phi) is 4.84. The van der Waals surface area contributed by atoms with Gasteiger partial charge >= 0.3 is 0 Å². The van der Waals surface area contributed by atoms with Crippen molar-refractivity contribution in [2.24, 2.45) is 0 Å². The predicted molar refractivity (Wildman–Crippen MR) is 85.7 cm³/mol. The Balaban J connectivity index is 2.12. The van der Waals surface area contributed by atoms with Crippen molar-refractivity contribution in [3.63, 3.8) is 0 Å². The van der Waals surface area contributed by atoms with Crippen molar-refractivity contribution < 1.29 is 4.74 Å². The van der Waals surface area contributed by atoms with Crippen LogP contribution in [0.15, 0.2) is 42.5 Å². The van der Waals surface area contributed by atoms with Crippen LogP contribution in [0.1, 0.15) is 23.6 Å². The third kappa shape index (κ3) is 3.76. The molecule has 0 saturated carbocycles. The van der Waals surface area contributed by atoms with E-state index in [1.54, 1.807) is 7.11 Å². The number of rotatable bonds is 5. The topological polar surface area (TPSA) is 45.0 Å². The first-order chi connectivity index (χ1) is 10.1. The summed E-state index contributed by atoms with van der Waals surface area (Å²) in [4.78, 5) is 0. The van der Waals surface area contributed by atoms with E-state index in [1.807, 2.05) is 43.3 Å².